The number of ether oxygens (including phenoxy) is 1. The molecule has 2 unspecified atom stereocenters. The molecule has 1 saturated heterocycles. The molecule has 1 fully saturated rings. The van der Waals surface area contributed by atoms with Gasteiger partial charge < -0.3 is 4.74 Å². The van der Waals surface area contributed by atoms with Gasteiger partial charge in [-0.25, -0.2) is 0 Å². The lowest BCUT2D eigenvalue weighted by Crippen LogP contribution is -2.26. The van der Waals surface area contributed by atoms with Gasteiger partial charge in [0.1, 0.15) is 0 Å². The van der Waals surface area contributed by atoms with Crippen LogP contribution in [-0.4, -0.2) is 12.7 Å². The van der Waals surface area contributed by atoms with E-state index in [0.29, 0.717) is 12.0 Å². The Labute approximate surface area is 112 Å². The van der Waals surface area contributed by atoms with Gasteiger partial charge in [0.25, 0.3) is 0 Å². The van der Waals surface area contributed by atoms with Crippen molar-refractivity contribution in [3.63, 3.8) is 0 Å². The number of hydrogen-bond donors (Lipinski definition) is 0. The second-order valence-electron chi connectivity index (χ2n) is 5.49. The van der Waals surface area contributed by atoms with Gasteiger partial charge in [0.05, 0.1) is 6.10 Å². The average Bonchev–Trinajstić information content (AvgIpc) is 2.36. The van der Waals surface area contributed by atoms with E-state index in [0.717, 1.165) is 6.61 Å². The summed E-state index contributed by atoms with van der Waals surface area (Å²) in [6.07, 6.45) is 9.88. The molecule has 0 amide bonds. The third-order valence-corrected chi connectivity index (χ3v) is 3.97. The zero-order valence-corrected chi connectivity index (χ0v) is 11.5. The van der Waals surface area contributed by atoms with E-state index in [-0.39, 0.29) is 0 Å². The zero-order valence-electron chi connectivity index (χ0n) is 11.5. The summed E-state index contributed by atoms with van der Waals surface area (Å²) in [4.78, 5) is 0. The van der Waals surface area contributed by atoms with Gasteiger partial charge >= 0.3 is 0 Å². The Morgan fingerprint density at radius 1 is 1.28 bits per heavy atom. The van der Waals surface area contributed by atoms with Crippen LogP contribution < -0.4 is 0 Å². The van der Waals surface area contributed by atoms with Crippen molar-refractivity contribution in [2.45, 2.75) is 63.9 Å². The van der Waals surface area contributed by atoms with Gasteiger partial charge in [-0.3, -0.25) is 0 Å². The summed E-state index contributed by atoms with van der Waals surface area (Å²) in [6.45, 7) is 3.31. The van der Waals surface area contributed by atoms with E-state index in [2.05, 4.69) is 25.1 Å². The molecule has 0 aliphatic carbocycles. The fourth-order valence-corrected chi connectivity index (χ4v) is 2.56. The third kappa shape index (κ3) is 4.45. The average molecular weight is 245 g/mol. The van der Waals surface area contributed by atoms with Crippen molar-refractivity contribution >= 4 is 0 Å². The summed E-state index contributed by atoms with van der Waals surface area (Å²) in [6, 6.07) is 11.7. The first kappa shape index (κ1) is 13.6. The molecule has 1 aromatic carbocycles. The molecule has 1 radical (unpaired) electrons. The van der Waals surface area contributed by atoms with Crippen molar-refractivity contribution in [3.05, 3.63) is 35.9 Å². The van der Waals surface area contributed by atoms with E-state index < -0.39 is 0 Å². The molecule has 1 aliphatic heterocycles. The van der Waals surface area contributed by atoms with Crippen molar-refractivity contribution in [1.82, 2.24) is 0 Å². The first-order chi connectivity index (χ1) is 8.86. The van der Waals surface area contributed by atoms with E-state index in [9.17, 15) is 0 Å². The van der Waals surface area contributed by atoms with Crippen molar-refractivity contribution in [2.24, 2.45) is 0 Å². The van der Waals surface area contributed by atoms with Crippen LogP contribution in [0.2, 0.25) is 0 Å². The molecular formula is C17H25O. The van der Waals surface area contributed by atoms with Gasteiger partial charge in [0.15, 0.2) is 0 Å². The standard InChI is InChI=1S/C17H25O/c1-15(16-10-6-4-7-11-16)9-5-2-3-8-12-17-13-14-18-17/h4,6-7,10,15,17H,2-3,5,8-9,12-14H2,1H3. The molecule has 1 heteroatoms. The fourth-order valence-electron chi connectivity index (χ4n) is 2.56. The summed E-state index contributed by atoms with van der Waals surface area (Å²) in [7, 11) is 0. The van der Waals surface area contributed by atoms with Crippen LogP contribution in [0.5, 0.6) is 0 Å². The van der Waals surface area contributed by atoms with Crippen molar-refractivity contribution in [2.75, 3.05) is 6.61 Å². The lowest BCUT2D eigenvalue weighted by Gasteiger charge is -2.26. The van der Waals surface area contributed by atoms with Gasteiger partial charge in [-0.2, -0.15) is 0 Å². The van der Waals surface area contributed by atoms with Gasteiger partial charge in [-0.15, -0.1) is 0 Å². The lowest BCUT2D eigenvalue weighted by molar-refractivity contribution is -0.0556. The van der Waals surface area contributed by atoms with E-state index in [1.54, 1.807) is 0 Å². The Morgan fingerprint density at radius 2 is 2.11 bits per heavy atom. The van der Waals surface area contributed by atoms with E-state index in [4.69, 9.17) is 4.74 Å². The highest BCUT2D eigenvalue weighted by atomic mass is 16.5. The third-order valence-electron chi connectivity index (χ3n) is 3.97. The van der Waals surface area contributed by atoms with Crippen LogP contribution in [0.3, 0.4) is 0 Å². The maximum absolute atomic E-state index is 5.43. The number of hydrogen-bond acceptors (Lipinski definition) is 1. The first-order valence-electron chi connectivity index (χ1n) is 7.44. The summed E-state index contributed by atoms with van der Waals surface area (Å²) in [5, 5.41) is 0. The minimum Gasteiger partial charge on any atom is -0.378 e. The highest BCUT2D eigenvalue weighted by molar-refractivity contribution is 5.16. The van der Waals surface area contributed by atoms with Gasteiger partial charge in [0, 0.05) is 6.61 Å². The maximum Gasteiger partial charge on any atom is 0.0597 e. The van der Waals surface area contributed by atoms with E-state index in [1.165, 1.54) is 50.5 Å². The van der Waals surface area contributed by atoms with Gasteiger partial charge in [-0.1, -0.05) is 56.9 Å². The van der Waals surface area contributed by atoms with Crippen molar-refractivity contribution in [1.29, 1.82) is 0 Å². The largest absolute Gasteiger partial charge is 0.378 e. The molecule has 1 heterocycles. The number of unbranched alkanes of at least 4 members (excludes halogenated alkanes) is 3. The van der Waals surface area contributed by atoms with Crippen LogP contribution >= 0.6 is 0 Å². The quantitative estimate of drug-likeness (QED) is 0.602. The van der Waals surface area contributed by atoms with Crippen molar-refractivity contribution < 1.29 is 4.74 Å². The second-order valence-corrected chi connectivity index (χ2v) is 5.49. The van der Waals surface area contributed by atoms with Crippen LogP contribution in [0.1, 0.15) is 63.4 Å². The SMILES string of the molecule is CC(CCCCCCC1CCO1)c1[c]cccc1. The molecule has 0 N–H and O–H groups in total. The molecule has 0 aromatic heterocycles. The molecule has 0 saturated carbocycles. The van der Waals surface area contributed by atoms with Gasteiger partial charge in [0.2, 0.25) is 0 Å². The predicted molar refractivity (Wildman–Crippen MR) is 75.8 cm³/mol. The Balaban J connectivity index is 1.49. The lowest BCUT2D eigenvalue weighted by atomic mass is 9.94. The zero-order chi connectivity index (χ0) is 12.6. The van der Waals surface area contributed by atoms with Crippen LogP contribution in [0.25, 0.3) is 0 Å². The van der Waals surface area contributed by atoms with Crippen LogP contribution in [0.15, 0.2) is 24.3 Å². The Morgan fingerprint density at radius 3 is 2.78 bits per heavy atom. The Kier molecular flexibility index (Phi) is 5.73. The summed E-state index contributed by atoms with van der Waals surface area (Å²) in [5.74, 6) is 0.654. The molecule has 1 aromatic rings. The van der Waals surface area contributed by atoms with Gasteiger partial charge in [-0.05, 0) is 36.8 Å². The molecule has 99 valence electrons. The molecule has 1 nitrogen and oxygen atoms in total. The normalized spacial score (nSPS) is 20.4. The maximum atomic E-state index is 5.43. The molecule has 1 aliphatic rings. The fraction of sp³-hybridized carbons (Fsp3) is 0.647. The Bertz CT molecular complexity index is 316. The van der Waals surface area contributed by atoms with Crippen molar-refractivity contribution in [3.8, 4) is 0 Å². The minimum atomic E-state index is 0.600. The predicted octanol–water partition coefficient (Wildman–Crippen LogP) is 4.72. The molecule has 0 spiro atoms. The summed E-state index contributed by atoms with van der Waals surface area (Å²) in [5.41, 5.74) is 1.36. The molecule has 0 bridgehead atoms. The van der Waals surface area contributed by atoms with E-state index in [1.807, 2.05) is 12.1 Å². The summed E-state index contributed by atoms with van der Waals surface area (Å²) < 4.78 is 5.43. The minimum absolute atomic E-state index is 0.600. The van der Waals surface area contributed by atoms with E-state index >= 15 is 0 Å². The van der Waals surface area contributed by atoms with Crippen LogP contribution in [-0.2, 0) is 4.74 Å². The highest BCUT2D eigenvalue weighted by Crippen LogP contribution is 2.22. The monoisotopic (exact) mass is 245 g/mol. The highest BCUT2D eigenvalue weighted by Gasteiger charge is 2.16. The van der Waals surface area contributed by atoms with Crippen LogP contribution in [0, 0.1) is 6.07 Å². The number of benzene rings is 1. The summed E-state index contributed by atoms with van der Waals surface area (Å²) >= 11 is 0. The van der Waals surface area contributed by atoms with Crippen LogP contribution in [0.4, 0.5) is 0 Å². The molecular weight excluding hydrogens is 220 g/mol. The second kappa shape index (κ2) is 7.58. The Hall–Kier alpha value is -0.820. The molecule has 18 heavy (non-hydrogen) atoms. The molecule has 2 atom stereocenters. The number of rotatable bonds is 8. The smallest absolute Gasteiger partial charge is 0.0597 e. The molecule has 2 rings (SSSR count). The topological polar surface area (TPSA) is 9.23 Å². The first-order valence-corrected chi connectivity index (χ1v) is 7.44.